The summed E-state index contributed by atoms with van der Waals surface area (Å²) in [6.07, 6.45) is 0. The zero-order valence-corrected chi connectivity index (χ0v) is 13.1. The highest BCUT2D eigenvalue weighted by Gasteiger charge is 2.40. The fraction of sp³-hybridized carbons (Fsp3) is 0.533. The highest BCUT2D eigenvalue weighted by molar-refractivity contribution is 6.34. The van der Waals surface area contributed by atoms with Crippen LogP contribution in [-0.2, 0) is 4.74 Å². The molecular weight excluding hydrogens is 276 g/mol. The molecule has 1 aromatic carbocycles. The molecule has 1 amide bonds. The van der Waals surface area contributed by atoms with E-state index in [0.717, 1.165) is 0 Å². The van der Waals surface area contributed by atoms with Crippen LogP contribution in [0.1, 0.15) is 38.1 Å². The number of anilines is 1. The number of halogens is 1. The van der Waals surface area contributed by atoms with E-state index in [1.165, 1.54) is 0 Å². The highest BCUT2D eigenvalue weighted by Crippen LogP contribution is 2.30. The van der Waals surface area contributed by atoms with Crippen LogP contribution in [0, 0.1) is 0 Å². The van der Waals surface area contributed by atoms with Gasteiger partial charge in [-0.2, -0.15) is 0 Å². The van der Waals surface area contributed by atoms with Gasteiger partial charge < -0.3 is 15.4 Å². The molecule has 0 atom stereocenters. The average Bonchev–Trinajstić information content (AvgIpc) is 2.27. The Bertz CT molecular complexity index is 525. The molecule has 110 valence electrons. The minimum atomic E-state index is -0.385. The molecule has 1 aromatic rings. The molecule has 1 heterocycles. The molecule has 1 saturated heterocycles. The molecule has 1 fully saturated rings. The zero-order chi connectivity index (χ0) is 15.1. The van der Waals surface area contributed by atoms with Crippen molar-refractivity contribution in [3.63, 3.8) is 0 Å². The van der Waals surface area contributed by atoms with Crippen LogP contribution in [0.5, 0.6) is 0 Å². The molecule has 0 aliphatic carbocycles. The SMILES string of the molecule is CC1(C)CN(C(=O)c2cc(N)ccc2Cl)CC(C)(C)O1. The summed E-state index contributed by atoms with van der Waals surface area (Å²) < 4.78 is 5.98. The monoisotopic (exact) mass is 296 g/mol. The zero-order valence-electron chi connectivity index (χ0n) is 12.4. The second kappa shape index (κ2) is 4.93. The average molecular weight is 297 g/mol. The van der Waals surface area contributed by atoms with Crippen LogP contribution < -0.4 is 5.73 Å². The summed E-state index contributed by atoms with van der Waals surface area (Å²) in [7, 11) is 0. The van der Waals surface area contributed by atoms with Gasteiger partial charge in [0.2, 0.25) is 0 Å². The molecule has 0 saturated carbocycles. The Labute approximate surface area is 124 Å². The van der Waals surface area contributed by atoms with E-state index >= 15 is 0 Å². The number of nitrogens with zero attached hydrogens (tertiary/aromatic N) is 1. The van der Waals surface area contributed by atoms with E-state index in [9.17, 15) is 4.79 Å². The Balaban J connectivity index is 2.31. The number of morpholine rings is 1. The molecular formula is C15H21ClN2O2. The fourth-order valence-corrected chi connectivity index (χ4v) is 3.01. The van der Waals surface area contributed by atoms with E-state index in [2.05, 4.69) is 0 Å². The van der Waals surface area contributed by atoms with Crippen molar-refractivity contribution in [2.24, 2.45) is 0 Å². The van der Waals surface area contributed by atoms with Gasteiger partial charge in [0, 0.05) is 18.8 Å². The molecule has 0 aromatic heterocycles. The Morgan fingerprint density at radius 2 is 1.80 bits per heavy atom. The molecule has 1 aliphatic rings. The summed E-state index contributed by atoms with van der Waals surface area (Å²) >= 11 is 6.12. The van der Waals surface area contributed by atoms with Gasteiger partial charge in [0.15, 0.2) is 0 Å². The molecule has 0 spiro atoms. The Hall–Kier alpha value is -1.26. The van der Waals surface area contributed by atoms with Crippen LogP contribution in [0.25, 0.3) is 0 Å². The first-order valence-electron chi connectivity index (χ1n) is 6.64. The summed E-state index contributed by atoms with van der Waals surface area (Å²) in [4.78, 5) is 14.5. The second-order valence-electron chi connectivity index (χ2n) is 6.52. The van der Waals surface area contributed by atoms with Gasteiger partial charge >= 0.3 is 0 Å². The molecule has 0 bridgehead atoms. The molecule has 4 nitrogen and oxygen atoms in total. The largest absolute Gasteiger partial charge is 0.399 e. The summed E-state index contributed by atoms with van der Waals surface area (Å²) in [5, 5.41) is 0.423. The minimum absolute atomic E-state index is 0.105. The van der Waals surface area contributed by atoms with Crippen molar-refractivity contribution in [1.29, 1.82) is 0 Å². The fourth-order valence-electron chi connectivity index (χ4n) is 2.81. The number of hydrogen-bond donors (Lipinski definition) is 1. The van der Waals surface area contributed by atoms with E-state index in [1.807, 2.05) is 27.7 Å². The Kier molecular flexibility index (Phi) is 3.73. The number of nitrogen functional groups attached to an aromatic ring is 1. The topological polar surface area (TPSA) is 55.6 Å². The number of carbonyl (C=O) groups is 1. The lowest BCUT2D eigenvalue weighted by molar-refractivity contribution is -0.171. The maximum atomic E-state index is 12.7. The number of nitrogens with two attached hydrogens (primary N) is 1. The Morgan fingerprint density at radius 1 is 1.25 bits per heavy atom. The van der Waals surface area contributed by atoms with Crippen LogP contribution in [-0.4, -0.2) is 35.1 Å². The third-order valence-corrected chi connectivity index (χ3v) is 3.53. The van der Waals surface area contributed by atoms with Crippen molar-refractivity contribution in [1.82, 2.24) is 4.90 Å². The van der Waals surface area contributed by atoms with Gasteiger partial charge in [-0.05, 0) is 45.9 Å². The van der Waals surface area contributed by atoms with Crippen molar-refractivity contribution < 1.29 is 9.53 Å². The van der Waals surface area contributed by atoms with Gasteiger partial charge in [-0.15, -0.1) is 0 Å². The van der Waals surface area contributed by atoms with Gasteiger partial charge in [0.1, 0.15) is 0 Å². The van der Waals surface area contributed by atoms with E-state index in [1.54, 1.807) is 23.1 Å². The third-order valence-electron chi connectivity index (χ3n) is 3.20. The molecule has 2 N–H and O–H groups in total. The van der Waals surface area contributed by atoms with Crippen LogP contribution in [0.4, 0.5) is 5.69 Å². The molecule has 20 heavy (non-hydrogen) atoms. The number of benzene rings is 1. The van der Waals surface area contributed by atoms with E-state index in [-0.39, 0.29) is 17.1 Å². The van der Waals surface area contributed by atoms with Gasteiger partial charge in [-0.3, -0.25) is 4.79 Å². The van der Waals surface area contributed by atoms with Crippen molar-refractivity contribution >= 4 is 23.2 Å². The summed E-state index contributed by atoms with van der Waals surface area (Å²) in [6.45, 7) is 8.98. The van der Waals surface area contributed by atoms with Crippen LogP contribution in [0.2, 0.25) is 5.02 Å². The van der Waals surface area contributed by atoms with Gasteiger partial charge in [-0.25, -0.2) is 0 Å². The summed E-state index contributed by atoms with van der Waals surface area (Å²) in [5.74, 6) is -0.105. The lowest BCUT2D eigenvalue weighted by Crippen LogP contribution is -2.58. The first-order valence-corrected chi connectivity index (χ1v) is 7.02. The Morgan fingerprint density at radius 3 is 2.35 bits per heavy atom. The van der Waals surface area contributed by atoms with Crippen molar-refractivity contribution in [2.45, 2.75) is 38.9 Å². The number of amides is 1. The molecule has 1 aliphatic heterocycles. The lowest BCUT2D eigenvalue weighted by Gasteiger charge is -2.47. The maximum Gasteiger partial charge on any atom is 0.255 e. The van der Waals surface area contributed by atoms with Crippen LogP contribution >= 0.6 is 11.6 Å². The molecule has 2 rings (SSSR count). The van der Waals surface area contributed by atoms with Gasteiger partial charge in [-0.1, -0.05) is 11.6 Å². The molecule has 0 unspecified atom stereocenters. The highest BCUT2D eigenvalue weighted by atomic mass is 35.5. The normalized spacial score (nSPS) is 20.8. The molecule has 0 radical (unpaired) electrons. The van der Waals surface area contributed by atoms with Crippen molar-refractivity contribution in [3.05, 3.63) is 28.8 Å². The van der Waals surface area contributed by atoms with Gasteiger partial charge in [0.05, 0.1) is 21.8 Å². The van der Waals surface area contributed by atoms with E-state index in [0.29, 0.717) is 29.4 Å². The van der Waals surface area contributed by atoms with E-state index < -0.39 is 0 Å². The predicted molar refractivity (Wildman–Crippen MR) is 81.0 cm³/mol. The first-order chi connectivity index (χ1) is 9.10. The summed E-state index contributed by atoms with van der Waals surface area (Å²) in [6, 6.07) is 4.97. The maximum absolute atomic E-state index is 12.7. The van der Waals surface area contributed by atoms with E-state index in [4.69, 9.17) is 22.1 Å². The molecule has 5 heteroatoms. The first kappa shape index (κ1) is 15.1. The number of rotatable bonds is 1. The standard InChI is InChI=1S/C15H21ClN2O2/c1-14(2)8-18(9-15(3,4)20-14)13(19)11-7-10(17)5-6-12(11)16/h5-7H,8-9,17H2,1-4H3. The predicted octanol–water partition coefficient (Wildman–Crippen LogP) is 2.95. The minimum Gasteiger partial charge on any atom is -0.399 e. The smallest absolute Gasteiger partial charge is 0.255 e. The summed E-state index contributed by atoms with van der Waals surface area (Å²) in [5.41, 5.74) is 5.95. The number of carbonyl (C=O) groups excluding carboxylic acids is 1. The van der Waals surface area contributed by atoms with Crippen molar-refractivity contribution in [2.75, 3.05) is 18.8 Å². The van der Waals surface area contributed by atoms with Gasteiger partial charge in [0.25, 0.3) is 5.91 Å². The quantitative estimate of drug-likeness (QED) is 0.811. The van der Waals surface area contributed by atoms with Crippen molar-refractivity contribution in [3.8, 4) is 0 Å². The van der Waals surface area contributed by atoms with Crippen LogP contribution in [0.15, 0.2) is 18.2 Å². The number of ether oxygens (including phenoxy) is 1. The second-order valence-corrected chi connectivity index (χ2v) is 6.93. The lowest BCUT2D eigenvalue weighted by atomic mass is 9.98. The third kappa shape index (κ3) is 3.25. The van der Waals surface area contributed by atoms with Crippen LogP contribution in [0.3, 0.4) is 0 Å². The number of hydrogen-bond acceptors (Lipinski definition) is 3.